The van der Waals surface area contributed by atoms with Crippen LogP contribution in [0, 0.1) is 6.92 Å². The van der Waals surface area contributed by atoms with Crippen LogP contribution in [-0.4, -0.2) is 15.8 Å². The average molecular weight is 229 g/mol. The van der Waals surface area contributed by atoms with E-state index in [9.17, 15) is 0 Å². The van der Waals surface area contributed by atoms with Gasteiger partial charge in [-0.1, -0.05) is 29.8 Å². The molecule has 0 radical (unpaired) electrons. The molecule has 0 aliphatic rings. The number of nitrogens with two attached hydrogens (primary N) is 1. The molecular weight excluding hydrogens is 210 g/mol. The summed E-state index contributed by atoms with van der Waals surface area (Å²) in [4.78, 5) is 0. The molecule has 1 aromatic carbocycles. The van der Waals surface area contributed by atoms with Gasteiger partial charge in [-0.3, -0.25) is 4.68 Å². The first-order valence-electron chi connectivity index (χ1n) is 5.92. The maximum absolute atomic E-state index is 6.16. The third-order valence-corrected chi connectivity index (χ3v) is 2.84. The van der Waals surface area contributed by atoms with Crippen molar-refractivity contribution in [1.29, 1.82) is 0 Å². The van der Waals surface area contributed by atoms with Crippen LogP contribution in [0.5, 0.6) is 0 Å². The van der Waals surface area contributed by atoms with Gasteiger partial charge in [-0.2, -0.15) is 5.10 Å². The van der Waals surface area contributed by atoms with E-state index in [1.807, 2.05) is 24.1 Å². The number of hydrogen-bond acceptors (Lipinski definition) is 2. The van der Waals surface area contributed by atoms with Gasteiger partial charge in [0.15, 0.2) is 0 Å². The molecule has 2 aromatic rings. The van der Waals surface area contributed by atoms with E-state index in [1.54, 1.807) is 0 Å². The van der Waals surface area contributed by atoms with Crippen LogP contribution in [0.2, 0.25) is 0 Å². The van der Waals surface area contributed by atoms with Crippen molar-refractivity contribution >= 4 is 0 Å². The Bertz CT molecular complexity index is 488. The maximum Gasteiger partial charge on any atom is 0.0522 e. The molecule has 0 bridgehead atoms. The number of aryl methyl sites for hydroxylation is 2. The predicted molar refractivity (Wildman–Crippen MR) is 69.8 cm³/mol. The topological polar surface area (TPSA) is 43.8 Å². The summed E-state index contributed by atoms with van der Waals surface area (Å²) in [5.41, 5.74) is 9.96. The third kappa shape index (κ3) is 3.43. The van der Waals surface area contributed by atoms with E-state index in [0.29, 0.717) is 0 Å². The zero-order valence-electron chi connectivity index (χ0n) is 10.4. The smallest absolute Gasteiger partial charge is 0.0522 e. The van der Waals surface area contributed by atoms with E-state index in [0.717, 1.165) is 12.8 Å². The SMILES string of the molecule is Cc1cccc(CC(N)Cc2cnn(C)c2)c1. The zero-order valence-corrected chi connectivity index (χ0v) is 10.4. The second-order valence-electron chi connectivity index (χ2n) is 4.68. The van der Waals surface area contributed by atoms with Crippen LogP contribution >= 0.6 is 0 Å². The minimum atomic E-state index is 0.154. The van der Waals surface area contributed by atoms with Crippen molar-refractivity contribution in [2.75, 3.05) is 0 Å². The second kappa shape index (κ2) is 5.15. The molecule has 17 heavy (non-hydrogen) atoms. The molecule has 0 aliphatic heterocycles. The molecule has 3 heteroatoms. The number of rotatable bonds is 4. The van der Waals surface area contributed by atoms with Crippen molar-refractivity contribution in [3.8, 4) is 0 Å². The van der Waals surface area contributed by atoms with E-state index >= 15 is 0 Å². The Morgan fingerprint density at radius 1 is 1.29 bits per heavy atom. The summed E-state index contributed by atoms with van der Waals surface area (Å²) >= 11 is 0. The first-order valence-corrected chi connectivity index (χ1v) is 5.92. The zero-order chi connectivity index (χ0) is 12.3. The molecule has 1 heterocycles. The van der Waals surface area contributed by atoms with Crippen LogP contribution in [0.4, 0.5) is 0 Å². The molecule has 0 aliphatic carbocycles. The summed E-state index contributed by atoms with van der Waals surface area (Å²) in [5.74, 6) is 0. The Morgan fingerprint density at radius 3 is 2.71 bits per heavy atom. The summed E-state index contributed by atoms with van der Waals surface area (Å²) in [5, 5.41) is 4.15. The molecule has 0 fully saturated rings. The number of benzene rings is 1. The third-order valence-electron chi connectivity index (χ3n) is 2.84. The van der Waals surface area contributed by atoms with Crippen LogP contribution in [0.1, 0.15) is 16.7 Å². The summed E-state index contributed by atoms with van der Waals surface area (Å²) in [7, 11) is 1.93. The van der Waals surface area contributed by atoms with E-state index < -0.39 is 0 Å². The monoisotopic (exact) mass is 229 g/mol. The molecule has 2 rings (SSSR count). The molecule has 0 saturated carbocycles. The highest BCUT2D eigenvalue weighted by molar-refractivity contribution is 5.23. The second-order valence-corrected chi connectivity index (χ2v) is 4.68. The van der Waals surface area contributed by atoms with Gasteiger partial charge in [0.2, 0.25) is 0 Å². The lowest BCUT2D eigenvalue weighted by Crippen LogP contribution is -2.25. The number of hydrogen-bond donors (Lipinski definition) is 1. The Labute approximate surface area is 102 Å². The number of nitrogens with zero attached hydrogens (tertiary/aromatic N) is 2. The van der Waals surface area contributed by atoms with Gasteiger partial charge in [0, 0.05) is 19.3 Å². The van der Waals surface area contributed by atoms with Crippen molar-refractivity contribution in [2.24, 2.45) is 12.8 Å². The fourth-order valence-corrected chi connectivity index (χ4v) is 2.09. The van der Waals surface area contributed by atoms with E-state index in [-0.39, 0.29) is 6.04 Å². The van der Waals surface area contributed by atoms with Gasteiger partial charge in [-0.05, 0) is 30.9 Å². The van der Waals surface area contributed by atoms with Crippen LogP contribution < -0.4 is 5.73 Å². The molecule has 0 amide bonds. The molecule has 1 unspecified atom stereocenters. The van der Waals surface area contributed by atoms with Crippen molar-refractivity contribution in [3.05, 3.63) is 53.3 Å². The fourth-order valence-electron chi connectivity index (χ4n) is 2.09. The first-order chi connectivity index (χ1) is 8.13. The van der Waals surface area contributed by atoms with Crippen molar-refractivity contribution in [1.82, 2.24) is 9.78 Å². The Kier molecular flexibility index (Phi) is 3.59. The molecule has 90 valence electrons. The average Bonchev–Trinajstić information content (AvgIpc) is 2.63. The quantitative estimate of drug-likeness (QED) is 0.869. The van der Waals surface area contributed by atoms with Crippen molar-refractivity contribution in [2.45, 2.75) is 25.8 Å². The normalized spacial score (nSPS) is 12.6. The highest BCUT2D eigenvalue weighted by Crippen LogP contribution is 2.09. The summed E-state index contributed by atoms with van der Waals surface area (Å²) in [6.07, 6.45) is 5.70. The Morgan fingerprint density at radius 2 is 2.06 bits per heavy atom. The number of aromatic nitrogens is 2. The van der Waals surface area contributed by atoms with Crippen LogP contribution in [0.15, 0.2) is 36.7 Å². The Hall–Kier alpha value is -1.61. The highest BCUT2D eigenvalue weighted by atomic mass is 15.2. The molecular formula is C14H19N3. The lowest BCUT2D eigenvalue weighted by Gasteiger charge is -2.10. The Balaban J connectivity index is 1.95. The van der Waals surface area contributed by atoms with Crippen LogP contribution in [-0.2, 0) is 19.9 Å². The van der Waals surface area contributed by atoms with Gasteiger partial charge < -0.3 is 5.73 Å². The van der Waals surface area contributed by atoms with Gasteiger partial charge in [0.1, 0.15) is 0 Å². The van der Waals surface area contributed by atoms with E-state index in [1.165, 1.54) is 16.7 Å². The maximum atomic E-state index is 6.16. The lowest BCUT2D eigenvalue weighted by atomic mass is 10.0. The first kappa shape index (κ1) is 11.9. The summed E-state index contributed by atoms with van der Waals surface area (Å²) in [6, 6.07) is 8.68. The van der Waals surface area contributed by atoms with Crippen LogP contribution in [0.25, 0.3) is 0 Å². The minimum Gasteiger partial charge on any atom is -0.327 e. The minimum absolute atomic E-state index is 0.154. The summed E-state index contributed by atoms with van der Waals surface area (Å²) < 4.78 is 1.81. The van der Waals surface area contributed by atoms with E-state index in [4.69, 9.17) is 5.73 Å². The van der Waals surface area contributed by atoms with Crippen LogP contribution in [0.3, 0.4) is 0 Å². The lowest BCUT2D eigenvalue weighted by molar-refractivity contribution is 0.663. The van der Waals surface area contributed by atoms with E-state index in [2.05, 4.69) is 36.3 Å². The largest absolute Gasteiger partial charge is 0.327 e. The highest BCUT2D eigenvalue weighted by Gasteiger charge is 2.07. The summed E-state index contributed by atoms with van der Waals surface area (Å²) in [6.45, 7) is 2.11. The molecule has 3 nitrogen and oxygen atoms in total. The van der Waals surface area contributed by atoms with Gasteiger partial charge in [-0.15, -0.1) is 0 Å². The van der Waals surface area contributed by atoms with Gasteiger partial charge in [0.05, 0.1) is 6.20 Å². The van der Waals surface area contributed by atoms with Crippen molar-refractivity contribution < 1.29 is 0 Å². The molecule has 0 saturated heterocycles. The standard InChI is InChI=1S/C14H19N3/c1-11-4-3-5-12(6-11)7-14(15)8-13-9-16-17(2)10-13/h3-6,9-10,14H,7-8,15H2,1-2H3. The van der Waals surface area contributed by atoms with Gasteiger partial charge in [-0.25, -0.2) is 0 Å². The molecule has 0 spiro atoms. The van der Waals surface area contributed by atoms with Gasteiger partial charge in [0.25, 0.3) is 0 Å². The fraction of sp³-hybridized carbons (Fsp3) is 0.357. The predicted octanol–water partition coefficient (Wildman–Crippen LogP) is 1.84. The molecule has 1 atom stereocenters. The molecule has 2 N–H and O–H groups in total. The van der Waals surface area contributed by atoms with Crippen molar-refractivity contribution in [3.63, 3.8) is 0 Å². The molecule has 1 aromatic heterocycles. The van der Waals surface area contributed by atoms with Gasteiger partial charge >= 0.3 is 0 Å².